The number of amides is 2. The molecule has 0 aromatic heterocycles. The average Bonchev–Trinajstić information content (AvgIpc) is 2.48. The molecule has 114 valence electrons. The molecular weight excluding hydrogens is 271 g/mol. The molecule has 2 amide bonds. The Labute approximate surface area is 124 Å². The molecule has 4 nitrogen and oxygen atoms in total. The van der Waals surface area contributed by atoms with Crippen molar-refractivity contribution in [2.75, 3.05) is 4.90 Å². The number of anilines is 1. The molecule has 5 heteroatoms. The van der Waals surface area contributed by atoms with Crippen molar-refractivity contribution in [2.45, 2.75) is 51.6 Å². The molecule has 0 saturated carbocycles. The molecule has 1 aromatic rings. The molecular formula is C16H21FN2O2. The van der Waals surface area contributed by atoms with E-state index >= 15 is 0 Å². The summed E-state index contributed by atoms with van der Waals surface area (Å²) in [5.74, 6) is -0.755. The highest BCUT2D eigenvalue weighted by Gasteiger charge is 2.48. The first-order chi connectivity index (χ1) is 9.99. The molecule has 1 N–H and O–H groups in total. The van der Waals surface area contributed by atoms with E-state index in [1.807, 2.05) is 20.8 Å². The number of halogens is 1. The number of piperazine rings is 1. The van der Waals surface area contributed by atoms with E-state index in [-0.39, 0.29) is 11.8 Å². The lowest BCUT2D eigenvalue weighted by Crippen LogP contribution is -2.70. The summed E-state index contributed by atoms with van der Waals surface area (Å²) in [6, 6.07) is 5.25. The van der Waals surface area contributed by atoms with Crippen LogP contribution < -0.4 is 10.2 Å². The number of nitrogens with one attached hydrogen (secondary N) is 1. The fraction of sp³-hybridized carbons (Fsp3) is 0.500. The molecule has 1 heterocycles. The lowest BCUT2D eigenvalue weighted by molar-refractivity contribution is -0.138. The van der Waals surface area contributed by atoms with E-state index in [4.69, 9.17) is 0 Å². The van der Waals surface area contributed by atoms with Gasteiger partial charge in [0, 0.05) is 5.69 Å². The predicted molar refractivity (Wildman–Crippen MR) is 79.4 cm³/mol. The zero-order valence-corrected chi connectivity index (χ0v) is 12.6. The minimum absolute atomic E-state index is 0.162. The van der Waals surface area contributed by atoms with Crippen LogP contribution in [0.15, 0.2) is 24.3 Å². The number of hydrogen-bond donors (Lipinski definition) is 1. The van der Waals surface area contributed by atoms with Crippen LogP contribution in [0.3, 0.4) is 0 Å². The quantitative estimate of drug-likeness (QED) is 0.927. The van der Waals surface area contributed by atoms with Crippen LogP contribution in [0.5, 0.6) is 0 Å². The van der Waals surface area contributed by atoms with Crippen molar-refractivity contribution in [1.82, 2.24) is 5.32 Å². The Kier molecular flexibility index (Phi) is 4.30. The Morgan fingerprint density at radius 3 is 2.43 bits per heavy atom. The summed E-state index contributed by atoms with van der Waals surface area (Å²) in [7, 11) is 0. The van der Waals surface area contributed by atoms with Crippen molar-refractivity contribution in [3.63, 3.8) is 0 Å². The summed E-state index contributed by atoms with van der Waals surface area (Å²) in [6.07, 6.45) is 1.50. The van der Waals surface area contributed by atoms with E-state index in [9.17, 15) is 14.0 Å². The first-order valence-corrected chi connectivity index (χ1v) is 7.40. The molecule has 0 radical (unpaired) electrons. The lowest BCUT2D eigenvalue weighted by atomic mass is 9.86. The molecule has 1 aliphatic rings. The Bertz CT molecular complexity index is 555. The van der Waals surface area contributed by atoms with Crippen LogP contribution in [0.4, 0.5) is 10.1 Å². The second-order valence-corrected chi connectivity index (χ2v) is 5.36. The predicted octanol–water partition coefficient (Wildman–Crippen LogP) is 2.63. The van der Waals surface area contributed by atoms with Gasteiger partial charge in [0.05, 0.1) is 0 Å². The van der Waals surface area contributed by atoms with Crippen molar-refractivity contribution in [2.24, 2.45) is 0 Å². The van der Waals surface area contributed by atoms with Gasteiger partial charge in [-0.25, -0.2) is 4.39 Å². The number of rotatable bonds is 4. The third kappa shape index (κ3) is 2.52. The van der Waals surface area contributed by atoms with Crippen molar-refractivity contribution in [3.05, 3.63) is 30.1 Å². The van der Waals surface area contributed by atoms with E-state index in [0.29, 0.717) is 24.9 Å². The Morgan fingerprint density at radius 1 is 1.24 bits per heavy atom. The number of nitrogens with zero attached hydrogens (tertiary/aromatic N) is 1. The van der Waals surface area contributed by atoms with Crippen LogP contribution in [0.1, 0.15) is 40.0 Å². The fourth-order valence-electron chi connectivity index (χ4n) is 2.88. The van der Waals surface area contributed by atoms with Crippen molar-refractivity contribution >= 4 is 17.5 Å². The van der Waals surface area contributed by atoms with Gasteiger partial charge in [-0.2, -0.15) is 0 Å². The zero-order chi connectivity index (χ0) is 15.6. The maximum Gasteiger partial charge on any atom is 0.253 e. The number of carbonyl (C=O) groups excluding carboxylic acids is 2. The first kappa shape index (κ1) is 15.5. The van der Waals surface area contributed by atoms with Crippen molar-refractivity contribution < 1.29 is 14.0 Å². The summed E-state index contributed by atoms with van der Waals surface area (Å²) < 4.78 is 13.5. The molecule has 1 atom stereocenters. The number of carbonyl (C=O) groups is 2. The van der Waals surface area contributed by atoms with Crippen molar-refractivity contribution in [3.8, 4) is 0 Å². The molecule has 1 fully saturated rings. The third-order valence-electron chi connectivity index (χ3n) is 4.29. The molecule has 1 unspecified atom stereocenters. The van der Waals surface area contributed by atoms with Crippen molar-refractivity contribution in [1.29, 1.82) is 0 Å². The molecule has 0 spiro atoms. The van der Waals surface area contributed by atoms with Crippen LogP contribution in [-0.4, -0.2) is 23.4 Å². The SMILES string of the molecule is CCC1C(=O)NC(CC)(CC)C(=O)N1c1cccc(F)c1. The smallest absolute Gasteiger partial charge is 0.253 e. The maximum atomic E-state index is 13.5. The lowest BCUT2D eigenvalue weighted by Gasteiger charge is -2.45. The number of benzene rings is 1. The van der Waals surface area contributed by atoms with Gasteiger partial charge < -0.3 is 5.32 Å². The summed E-state index contributed by atoms with van der Waals surface area (Å²) in [5, 5.41) is 2.87. The molecule has 21 heavy (non-hydrogen) atoms. The van der Waals surface area contributed by atoms with Crippen LogP contribution in [-0.2, 0) is 9.59 Å². The zero-order valence-electron chi connectivity index (χ0n) is 12.6. The second-order valence-electron chi connectivity index (χ2n) is 5.36. The van der Waals surface area contributed by atoms with Gasteiger partial charge in [0.15, 0.2) is 0 Å². The molecule has 1 saturated heterocycles. The summed E-state index contributed by atoms with van der Waals surface area (Å²) in [4.78, 5) is 26.8. The van der Waals surface area contributed by atoms with E-state index in [1.165, 1.54) is 17.0 Å². The van der Waals surface area contributed by atoms with Crippen LogP contribution >= 0.6 is 0 Å². The Hall–Kier alpha value is -1.91. The van der Waals surface area contributed by atoms with Gasteiger partial charge in [-0.3, -0.25) is 14.5 Å². The summed E-state index contributed by atoms with van der Waals surface area (Å²) >= 11 is 0. The fourth-order valence-corrected chi connectivity index (χ4v) is 2.88. The third-order valence-corrected chi connectivity index (χ3v) is 4.29. The first-order valence-electron chi connectivity index (χ1n) is 7.40. The highest BCUT2D eigenvalue weighted by Crippen LogP contribution is 2.30. The highest BCUT2D eigenvalue weighted by atomic mass is 19.1. The standard InChI is InChI=1S/C16H21FN2O2/c1-4-13-14(20)18-16(5-2,6-3)15(21)19(13)12-9-7-8-11(17)10-12/h7-10,13H,4-6H2,1-3H3,(H,18,20). The molecule has 0 bridgehead atoms. The van der Waals surface area contributed by atoms with E-state index in [2.05, 4.69) is 5.32 Å². The van der Waals surface area contributed by atoms with Gasteiger partial charge in [0.2, 0.25) is 5.91 Å². The molecule has 1 aromatic carbocycles. The second kappa shape index (κ2) is 5.84. The Morgan fingerprint density at radius 2 is 1.90 bits per heavy atom. The maximum absolute atomic E-state index is 13.5. The molecule has 0 aliphatic carbocycles. The highest BCUT2D eigenvalue weighted by molar-refractivity contribution is 6.10. The Balaban J connectivity index is 2.52. The van der Waals surface area contributed by atoms with Crippen LogP contribution in [0, 0.1) is 5.82 Å². The monoisotopic (exact) mass is 292 g/mol. The largest absolute Gasteiger partial charge is 0.340 e. The van der Waals surface area contributed by atoms with Gasteiger partial charge in [-0.15, -0.1) is 0 Å². The van der Waals surface area contributed by atoms with Gasteiger partial charge in [-0.1, -0.05) is 26.8 Å². The molecule has 1 aliphatic heterocycles. The van der Waals surface area contributed by atoms with E-state index in [0.717, 1.165) is 0 Å². The van der Waals surface area contributed by atoms with E-state index in [1.54, 1.807) is 12.1 Å². The van der Waals surface area contributed by atoms with E-state index < -0.39 is 17.4 Å². The molecule has 2 rings (SSSR count). The average molecular weight is 292 g/mol. The number of hydrogen-bond acceptors (Lipinski definition) is 2. The van der Waals surface area contributed by atoms with Gasteiger partial charge in [0.1, 0.15) is 17.4 Å². The van der Waals surface area contributed by atoms with Gasteiger partial charge >= 0.3 is 0 Å². The topological polar surface area (TPSA) is 49.4 Å². The summed E-state index contributed by atoms with van der Waals surface area (Å²) in [6.45, 7) is 5.59. The minimum atomic E-state index is -0.894. The van der Waals surface area contributed by atoms with Gasteiger partial charge in [0.25, 0.3) is 5.91 Å². The normalized spacial score (nSPS) is 21.3. The van der Waals surface area contributed by atoms with Gasteiger partial charge in [-0.05, 0) is 37.5 Å². The van der Waals surface area contributed by atoms with Crippen LogP contribution in [0.2, 0.25) is 0 Å². The van der Waals surface area contributed by atoms with Crippen LogP contribution in [0.25, 0.3) is 0 Å². The summed E-state index contributed by atoms with van der Waals surface area (Å²) in [5.41, 5.74) is -0.456. The minimum Gasteiger partial charge on any atom is -0.340 e.